The Kier molecular flexibility index (Phi) is 3.28. The molecule has 0 bridgehead atoms. The molecule has 3 nitrogen and oxygen atoms in total. The Hall–Kier alpha value is -2.03. The normalized spacial score (nSPS) is 11.0. The van der Waals surface area contributed by atoms with Crippen molar-refractivity contribution in [3.63, 3.8) is 0 Å². The molecule has 3 heteroatoms. The smallest absolute Gasteiger partial charge is 0.147 e. The minimum atomic E-state index is 0.769. The van der Waals surface area contributed by atoms with E-state index in [-0.39, 0.29) is 0 Å². The molecule has 17 heavy (non-hydrogen) atoms. The lowest BCUT2D eigenvalue weighted by Gasteiger charge is -2.04. The van der Waals surface area contributed by atoms with E-state index >= 15 is 0 Å². The van der Waals surface area contributed by atoms with Crippen LogP contribution < -0.4 is 4.74 Å². The fourth-order valence-electron chi connectivity index (χ4n) is 1.54. The van der Waals surface area contributed by atoms with E-state index in [4.69, 9.17) is 9.15 Å². The Labute approximate surface area is 101 Å². The van der Waals surface area contributed by atoms with Crippen LogP contribution in [-0.2, 0) is 0 Å². The molecule has 0 atom stereocenters. The summed E-state index contributed by atoms with van der Waals surface area (Å²) in [5, 5.41) is 0. The Morgan fingerprint density at radius 3 is 2.71 bits per heavy atom. The predicted molar refractivity (Wildman–Crippen MR) is 68.4 cm³/mol. The summed E-state index contributed by atoms with van der Waals surface area (Å²) in [6.07, 6.45) is 3.37. The number of methoxy groups -OCH3 is 1. The van der Waals surface area contributed by atoms with E-state index in [1.54, 1.807) is 19.6 Å². The zero-order chi connectivity index (χ0) is 12.3. The van der Waals surface area contributed by atoms with Gasteiger partial charge in [-0.2, -0.15) is 0 Å². The van der Waals surface area contributed by atoms with Crippen LogP contribution in [0.25, 0.3) is 0 Å². The molecule has 0 aliphatic heterocycles. The average molecular weight is 229 g/mol. The van der Waals surface area contributed by atoms with E-state index in [1.807, 2.05) is 38.1 Å². The summed E-state index contributed by atoms with van der Waals surface area (Å²) in [6.45, 7) is 4.00. The number of hydrogen-bond donors (Lipinski definition) is 0. The first kappa shape index (κ1) is 11.5. The molecular weight excluding hydrogens is 214 g/mol. The van der Waals surface area contributed by atoms with E-state index in [0.717, 1.165) is 28.3 Å². The summed E-state index contributed by atoms with van der Waals surface area (Å²) in [4.78, 5) is 4.38. The van der Waals surface area contributed by atoms with Crippen LogP contribution in [0, 0.1) is 13.8 Å². The van der Waals surface area contributed by atoms with Crippen LogP contribution in [0.5, 0.6) is 5.75 Å². The maximum atomic E-state index is 5.29. The third kappa shape index (κ3) is 2.56. The van der Waals surface area contributed by atoms with Gasteiger partial charge in [0.1, 0.15) is 17.2 Å². The lowest BCUT2D eigenvalue weighted by molar-refractivity contribution is 0.416. The highest BCUT2D eigenvalue weighted by molar-refractivity contribution is 5.81. The van der Waals surface area contributed by atoms with Crippen molar-refractivity contribution in [1.82, 2.24) is 0 Å². The molecule has 0 amide bonds. The number of hydrogen-bond acceptors (Lipinski definition) is 3. The number of furan rings is 1. The van der Waals surface area contributed by atoms with E-state index in [0.29, 0.717) is 0 Å². The second-order valence-electron chi connectivity index (χ2n) is 3.90. The number of aryl methyl sites for hydroxylation is 2. The van der Waals surface area contributed by atoms with Crippen LogP contribution in [0.1, 0.15) is 16.9 Å². The molecule has 2 aromatic rings. The zero-order valence-electron chi connectivity index (χ0n) is 10.2. The second-order valence-corrected chi connectivity index (χ2v) is 3.90. The molecule has 0 aliphatic rings. The van der Waals surface area contributed by atoms with Gasteiger partial charge in [0.05, 0.1) is 19.6 Å². The maximum absolute atomic E-state index is 5.29. The van der Waals surface area contributed by atoms with Crippen molar-refractivity contribution in [3.8, 4) is 5.75 Å². The third-order valence-corrected chi connectivity index (χ3v) is 2.56. The molecule has 0 unspecified atom stereocenters. The fraction of sp³-hybridized carbons (Fsp3) is 0.214. The molecule has 0 radical (unpaired) electrons. The number of rotatable bonds is 3. The molecular formula is C14H15NO2. The van der Waals surface area contributed by atoms with Gasteiger partial charge in [-0.3, -0.25) is 0 Å². The van der Waals surface area contributed by atoms with E-state index in [1.165, 1.54) is 0 Å². The van der Waals surface area contributed by atoms with Gasteiger partial charge in [0.2, 0.25) is 0 Å². The third-order valence-electron chi connectivity index (χ3n) is 2.56. The maximum Gasteiger partial charge on any atom is 0.147 e. The van der Waals surface area contributed by atoms with Crippen molar-refractivity contribution in [2.45, 2.75) is 13.8 Å². The highest BCUT2D eigenvalue weighted by atomic mass is 16.5. The first-order chi connectivity index (χ1) is 8.20. The summed E-state index contributed by atoms with van der Waals surface area (Å²) >= 11 is 0. The average Bonchev–Trinajstić information content (AvgIpc) is 2.73. The van der Waals surface area contributed by atoms with Gasteiger partial charge in [0.15, 0.2) is 0 Å². The van der Waals surface area contributed by atoms with Gasteiger partial charge in [-0.05, 0) is 43.2 Å². The molecule has 1 heterocycles. The van der Waals surface area contributed by atoms with Gasteiger partial charge >= 0.3 is 0 Å². The quantitative estimate of drug-likeness (QED) is 0.753. The van der Waals surface area contributed by atoms with Gasteiger partial charge in [-0.15, -0.1) is 0 Å². The Morgan fingerprint density at radius 1 is 1.24 bits per heavy atom. The van der Waals surface area contributed by atoms with Crippen molar-refractivity contribution in [1.29, 1.82) is 0 Å². The SMILES string of the molecule is COc1cc(C)ccc1/N=C/c1occc1C. The summed E-state index contributed by atoms with van der Waals surface area (Å²) in [5.74, 6) is 1.54. The molecule has 1 aromatic carbocycles. The lowest BCUT2D eigenvalue weighted by Crippen LogP contribution is -1.85. The van der Waals surface area contributed by atoms with E-state index < -0.39 is 0 Å². The minimum absolute atomic E-state index is 0.769. The van der Waals surface area contributed by atoms with Crippen molar-refractivity contribution in [2.24, 2.45) is 4.99 Å². The molecule has 0 N–H and O–H groups in total. The highest BCUT2D eigenvalue weighted by Gasteiger charge is 2.02. The van der Waals surface area contributed by atoms with Gasteiger partial charge in [0, 0.05) is 0 Å². The van der Waals surface area contributed by atoms with E-state index in [9.17, 15) is 0 Å². The number of ether oxygens (including phenoxy) is 1. The topological polar surface area (TPSA) is 34.7 Å². The fourth-order valence-corrected chi connectivity index (χ4v) is 1.54. The van der Waals surface area contributed by atoms with Crippen LogP contribution in [0.2, 0.25) is 0 Å². The summed E-state index contributed by atoms with van der Waals surface area (Å²) in [5.41, 5.74) is 3.02. The van der Waals surface area contributed by atoms with Gasteiger partial charge in [-0.25, -0.2) is 4.99 Å². The Bertz CT molecular complexity index is 541. The van der Waals surface area contributed by atoms with Crippen LogP contribution in [0.4, 0.5) is 5.69 Å². The van der Waals surface area contributed by atoms with Crippen molar-refractivity contribution in [2.75, 3.05) is 7.11 Å². The molecule has 0 saturated carbocycles. The molecule has 0 fully saturated rings. The number of benzene rings is 1. The Morgan fingerprint density at radius 2 is 2.06 bits per heavy atom. The number of aliphatic imine (C=N–C) groups is 1. The van der Waals surface area contributed by atoms with Gasteiger partial charge < -0.3 is 9.15 Å². The van der Waals surface area contributed by atoms with Crippen LogP contribution >= 0.6 is 0 Å². The van der Waals surface area contributed by atoms with Crippen molar-refractivity contribution >= 4 is 11.9 Å². The lowest BCUT2D eigenvalue weighted by atomic mass is 10.2. The predicted octanol–water partition coefficient (Wildman–Crippen LogP) is 3.66. The molecule has 0 aliphatic carbocycles. The monoisotopic (exact) mass is 229 g/mol. The zero-order valence-corrected chi connectivity index (χ0v) is 10.2. The number of nitrogens with zero attached hydrogens (tertiary/aromatic N) is 1. The van der Waals surface area contributed by atoms with Gasteiger partial charge in [-0.1, -0.05) is 6.07 Å². The molecule has 0 saturated heterocycles. The first-order valence-electron chi connectivity index (χ1n) is 5.43. The van der Waals surface area contributed by atoms with Gasteiger partial charge in [0.25, 0.3) is 0 Å². The van der Waals surface area contributed by atoms with Crippen molar-refractivity contribution < 1.29 is 9.15 Å². The Balaban J connectivity index is 2.30. The summed E-state index contributed by atoms with van der Waals surface area (Å²) < 4.78 is 10.6. The minimum Gasteiger partial charge on any atom is -0.494 e. The van der Waals surface area contributed by atoms with Crippen LogP contribution in [0.15, 0.2) is 39.9 Å². The van der Waals surface area contributed by atoms with Crippen LogP contribution in [0.3, 0.4) is 0 Å². The molecule has 0 spiro atoms. The molecule has 88 valence electrons. The van der Waals surface area contributed by atoms with Crippen LogP contribution in [-0.4, -0.2) is 13.3 Å². The molecule has 2 rings (SSSR count). The van der Waals surface area contributed by atoms with E-state index in [2.05, 4.69) is 4.99 Å². The van der Waals surface area contributed by atoms with Crippen molar-refractivity contribution in [3.05, 3.63) is 47.4 Å². The first-order valence-corrected chi connectivity index (χ1v) is 5.43. The second kappa shape index (κ2) is 4.87. The standard InChI is InChI=1S/C14H15NO2/c1-10-4-5-12(13(8-10)16-3)15-9-14-11(2)6-7-17-14/h4-9H,1-3H3/b15-9+. The largest absolute Gasteiger partial charge is 0.494 e. The highest BCUT2D eigenvalue weighted by Crippen LogP contribution is 2.28. The molecule has 1 aromatic heterocycles. The summed E-state index contributed by atoms with van der Waals surface area (Å²) in [7, 11) is 1.64. The summed E-state index contributed by atoms with van der Waals surface area (Å²) in [6, 6.07) is 7.81.